The maximum atomic E-state index is 13.6. The number of likely N-dealkylation sites (tertiary alicyclic amines) is 1. The van der Waals surface area contributed by atoms with E-state index in [1.807, 2.05) is 49.2 Å². The van der Waals surface area contributed by atoms with Gasteiger partial charge in [-0.05, 0) is 55.7 Å². The van der Waals surface area contributed by atoms with Gasteiger partial charge in [0.25, 0.3) is 0 Å². The molecule has 2 heterocycles. The predicted molar refractivity (Wildman–Crippen MR) is 129 cm³/mol. The highest BCUT2D eigenvalue weighted by Crippen LogP contribution is 2.38. The van der Waals surface area contributed by atoms with Crippen LogP contribution in [0.3, 0.4) is 0 Å². The number of amides is 2. The van der Waals surface area contributed by atoms with Crippen LogP contribution in [0.5, 0.6) is 0 Å². The minimum absolute atomic E-state index is 0.0433. The summed E-state index contributed by atoms with van der Waals surface area (Å²) >= 11 is 0. The highest BCUT2D eigenvalue weighted by Gasteiger charge is 2.44. The van der Waals surface area contributed by atoms with Gasteiger partial charge in [-0.25, -0.2) is 0 Å². The predicted octanol–water partition coefficient (Wildman–Crippen LogP) is 4.86. The molecule has 3 rings (SSSR count). The second kappa shape index (κ2) is 9.85. The topological polar surface area (TPSA) is 62.3 Å². The highest BCUT2D eigenvalue weighted by atomic mass is 16.2. The molecule has 32 heavy (non-hydrogen) atoms. The Hall–Kier alpha value is -2.69. The summed E-state index contributed by atoms with van der Waals surface area (Å²) in [7, 11) is 0. The van der Waals surface area contributed by atoms with Gasteiger partial charge in [0.1, 0.15) is 0 Å². The van der Waals surface area contributed by atoms with Gasteiger partial charge < -0.3 is 10.2 Å². The van der Waals surface area contributed by atoms with Crippen LogP contribution in [0, 0.1) is 10.8 Å². The molecule has 0 saturated carbocycles. The molecule has 2 amide bonds. The first-order chi connectivity index (χ1) is 15.1. The molecule has 1 saturated heterocycles. The maximum Gasteiger partial charge on any atom is 0.228 e. The number of aromatic nitrogens is 1. The average Bonchev–Trinajstić information content (AvgIpc) is 2.73. The molecule has 0 aliphatic carbocycles. The van der Waals surface area contributed by atoms with Crippen molar-refractivity contribution in [3.05, 3.63) is 54.4 Å². The Balaban J connectivity index is 1.96. The highest BCUT2D eigenvalue weighted by molar-refractivity contribution is 5.85. The molecule has 172 valence electrons. The van der Waals surface area contributed by atoms with Gasteiger partial charge in [-0.2, -0.15) is 0 Å². The zero-order chi connectivity index (χ0) is 23.4. The fourth-order valence-electron chi connectivity index (χ4n) is 4.58. The number of benzene rings is 1. The molecule has 1 aromatic carbocycles. The van der Waals surface area contributed by atoms with Crippen molar-refractivity contribution in [1.29, 1.82) is 0 Å². The third-order valence-corrected chi connectivity index (χ3v) is 6.03. The summed E-state index contributed by atoms with van der Waals surface area (Å²) in [6.07, 6.45) is 6.31. The summed E-state index contributed by atoms with van der Waals surface area (Å²) in [6.45, 7) is 11.4. The van der Waals surface area contributed by atoms with Crippen LogP contribution in [0.2, 0.25) is 0 Å². The van der Waals surface area contributed by atoms with Crippen LogP contribution < -0.4 is 5.32 Å². The van der Waals surface area contributed by atoms with Gasteiger partial charge in [0.15, 0.2) is 0 Å². The van der Waals surface area contributed by atoms with Gasteiger partial charge >= 0.3 is 0 Å². The van der Waals surface area contributed by atoms with Gasteiger partial charge in [0.2, 0.25) is 11.8 Å². The minimum atomic E-state index is -0.644. The van der Waals surface area contributed by atoms with E-state index in [4.69, 9.17) is 0 Å². The van der Waals surface area contributed by atoms with Crippen LogP contribution in [-0.4, -0.2) is 40.8 Å². The van der Waals surface area contributed by atoms with Crippen LogP contribution in [0.15, 0.2) is 48.8 Å². The van der Waals surface area contributed by atoms with Crippen molar-refractivity contribution in [3.8, 4) is 11.1 Å². The second-order valence-corrected chi connectivity index (χ2v) is 10.6. The number of carbonyl (C=O) groups is 2. The minimum Gasteiger partial charge on any atom is -0.353 e. The van der Waals surface area contributed by atoms with Crippen LogP contribution >= 0.6 is 0 Å². The van der Waals surface area contributed by atoms with Crippen molar-refractivity contribution in [3.63, 3.8) is 0 Å². The monoisotopic (exact) mass is 435 g/mol. The lowest BCUT2D eigenvalue weighted by Crippen LogP contribution is -2.55. The lowest BCUT2D eigenvalue weighted by atomic mass is 9.72. The fourth-order valence-corrected chi connectivity index (χ4v) is 4.58. The normalized spacial score (nSPS) is 19.1. The van der Waals surface area contributed by atoms with Gasteiger partial charge in [0.05, 0.1) is 5.41 Å². The standard InChI is InChI=1S/C27H37N3O2/c1-20(2)29-25(32)27(13-9-15-30(19-27)24(31)17-26(3,4)5)16-21-10-6-7-12-23(21)22-11-8-14-28-18-22/h6-8,10-12,14,18,20H,9,13,15-17,19H2,1-5H3,(H,29,32)/t27-/m1/s1. The largest absolute Gasteiger partial charge is 0.353 e. The van der Waals surface area contributed by atoms with Gasteiger partial charge in [-0.1, -0.05) is 51.1 Å². The molecule has 1 atom stereocenters. The molecule has 0 spiro atoms. The summed E-state index contributed by atoms with van der Waals surface area (Å²) in [5, 5.41) is 3.15. The third kappa shape index (κ3) is 5.96. The first-order valence-corrected chi connectivity index (χ1v) is 11.7. The van der Waals surface area contributed by atoms with Crippen molar-refractivity contribution < 1.29 is 9.59 Å². The first kappa shape index (κ1) is 24.0. The summed E-state index contributed by atoms with van der Waals surface area (Å²) < 4.78 is 0. The molecule has 5 nitrogen and oxygen atoms in total. The SMILES string of the molecule is CC(C)NC(=O)[C@@]1(Cc2ccccc2-c2cccnc2)CCCN(C(=O)CC(C)(C)C)C1. The summed E-state index contributed by atoms with van der Waals surface area (Å²) in [6, 6.07) is 12.3. The Bertz CT molecular complexity index is 933. The van der Waals surface area contributed by atoms with Crippen LogP contribution in [0.25, 0.3) is 11.1 Å². The van der Waals surface area contributed by atoms with Gasteiger partial charge in [-0.15, -0.1) is 0 Å². The summed E-state index contributed by atoms with van der Waals surface area (Å²) in [5.74, 6) is 0.182. The molecular weight excluding hydrogens is 398 g/mol. The smallest absolute Gasteiger partial charge is 0.228 e. The van der Waals surface area contributed by atoms with Crippen molar-refractivity contribution in [1.82, 2.24) is 15.2 Å². The number of nitrogens with zero attached hydrogens (tertiary/aromatic N) is 2. The molecule has 0 bridgehead atoms. The van der Waals surface area contributed by atoms with E-state index in [0.717, 1.165) is 36.1 Å². The van der Waals surface area contributed by atoms with Crippen molar-refractivity contribution >= 4 is 11.8 Å². The Morgan fingerprint density at radius 3 is 2.56 bits per heavy atom. The van der Waals surface area contributed by atoms with Crippen LogP contribution in [-0.2, 0) is 16.0 Å². The van der Waals surface area contributed by atoms with Crippen LogP contribution in [0.1, 0.15) is 59.4 Å². The van der Waals surface area contributed by atoms with E-state index in [9.17, 15) is 9.59 Å². The third-order valence-electron chi connectivity index (χ3n) is 6.03. The van der Waals surface area contributed by atoms with Crippen molar-refractivity contribution in [2.24, 2.45) is 10.8 Å². The average molecular weight is 436 g/mol. The van der Waals surface area contributed by atoms with E-state index in [2.05, 4.69) is 43.2 Å². The zero-order valence-corrected chi connectivity index (χ0v) is 20.1. The second-order valence-electron chi connectivity index (χ2n) is 10.6. The van der Waals surface area contributed by atoms with E-state index in [0.29, 0.717) is 19.4 Å². The van der Waals surface area contributed by atoms with Crippen molar-refractivity contribution in [2.75, 3.05) is 13.1 Å². The molecule has 1 aromatic heterocycles. The molecule has 1 aliphatic heterocycles. The maximum absolute atomic E-state index is 13.6. The Morgan fingerprint density at radius 2 is 1.91 bits per heavy atom. The van der Waals surface area contributed by atoms with E-state index in [-0.39, 0.29) is 23.3 Å². The number of nitrogens with one attached hydrogen (secondary N) is 1. The summed E-state index contributed by atoms with van der Waals surface area (Å²) in [4.78, 5) is 32.8. The first-order valence-electron chi connectivity index (χ1n) is 11.7. The molecular formula is C27H37N3O2. The zero-order valence-electron chi connectivity index (χ0n) is 20.1. The van der Waals surface area contributed by atoms with E-state index in [1.165, 1.54) is 0 Å². The molecule has 0 radical (unpaired) electrons. The number of rotatable bonds is 6. The van der Waals surface area contributed by atoms with E-state index in [1.54, 1.807) is 6.20 Å². The quantitative estimate of drug-likeness (QED) is 0.705. The number of hydrogen-bond donors (Lipinski definition) is 1. The Labute approximate surface area is 192 Å². The number of pyridine rings is 1. The molecule has 2 aromatic rings. The molecule has 1 fully saturated rings. The summed E-state index contributed by atoms with van der Waals surface area (Å²) in [5.41, 5.74) is 2.53. The van der Waals surface area contributed by atoms with E-state index >= 15 is 0 Å². The van der Waals surface area contributed by atoms with E-state index < -0.39 is 5.41 Å². The lowest BCUT2D eigenvalue weighted by molar-refractivity contribution is -0.143. The molecule has 0 unspecified atom stereocenters. The van der Waals surface area contributed by atoms with Crippen molar-refractivity contribution in [2.45, 2.75) is 66.3 Å². The number of piperidine rings is 1. The molecule has 5 heteroatoms. The molecule has 1 N–H and O–H groups in total. The lowest BCUT2D eigenvalue weighted by Gasteiger charge is -2.43. The van der Waals surface area contributed by atoms with Gasteiger partial charge in [-0.3, -0.25) is 14.6 Å². The Morgan fingerprint density at radius 1 is 1.16 bits per heavy atom. The Kier molecular flexibility index (Phi) is 7.37. The van der Waals surface area contributed by atoms with Gasteiger partial charge in [0, 0.05) is 43.5 Å². The number of hydrogen-bond acceptors (Lipinski definition) is 3. The fraction of sp³-hybridized carbons (Fsp3) is 0.519. The number of carbonyl (C=O) groups excluding carboxylic acids is 2. The molecule has 1 aliphatic rings. The van der Waals surface area contributed by atoms with Crippen LogP contribution in [0.4, 0.5) is 0 Å².